The van der Waals surface area contributed by atoms with Gasteiger partial charge in [-0.3, -0.25) is 0 Å². The summed E-state index contributed by atoms with van der Waals surface area (Å²) >= 11 is 0. The summed E-state index contributed by atoms with van der Waals surface area (Å²) in [5.41, 5.74) is 7.35. The summed E-state index contributed by atoms with van der Waals surface area (Å²) in [6.07, 6.45) is 9.93. The molecular weight excluding hydrogens is 302 g/mol. The Morgan fingerprint density at radius 2 is 1.40 bits per heavy atom. The van der Waals surface area contributed by atoms with Crippen molar-refractivity contribution in [3.63, 3.8) is 0 Å². The van der Waals surface area contributed by atoms with Crippen LogP contribution in [0, 0.1) is 0 Å². The molecule has 0 bridgehead atoms. The Kier molecular flexibility index (Phi) is 4.56. The normalized spacial score (nSPS) is 15.4. The summed E-state index contributed by atoms with van der Waals surface area (Å²) in [6.45, 7) is 0. The van der Waals surface area contributed by atoms with Crippen LogP contribution in [0.15, 0.2) is 72.8 Å². The fourth-order valence-corrected chi connectivity index (χ4v) is 3.30. The van der Waals surface area contributed by atoms with Crippen LogP contribution in [0.4, 0.5) is 0 Å². The van der Waals surface area contributed by atoms with E-state index in [1.54, 1.807) is 0 Å². The zero-order chi connectivity index (χ0) is 16.9. The Morgan fingerprint density at radius 1 is 0.680 bits per heavy atom. The molecule has 25 heavy (non-hydrogen) atoms. The zero-order valence-corrected chi connectivity index (χ0v) is 14.2. The van der Waals surface area contributed by atoms with E-state index in [1.807, 2.05) is 6.07 Å². The first-order valence-electron chi connectivity index (χ1n) is 8.87. The van der Waals surface area contributed by atoms with E-state index in [0.717, 1.165) is 18.5 Å². The van der Waals surface area contributed by atoms with Crippen LogP contribution in [0.3, 0.4) is 0 Å². The van der Waals surface area contributed by atoms with Crippen LogP contribution in [-0.2, 0) is 6.42 Å². The van der Waals surface area contributed by atoms with Gasteiger partial charge in [0.05, 0.1) is 11.4 Å². The number of nitrogens with zero attached hydrogens (tertiary/aromatic N) is 1. The molecule has 1 aliphatic carbocycles. The van der Waals surface area contributed by atoms with Crippen molar-refractivity contribution >= 4 is 23.8 Å². The van der Waals surface area contributed by atoms with Crippen LogP contribution in [-0.4, -0.2) is 4.98 Å². The predicted molar refractivity (Wildman–Crippen MR) is 107 cm³/mol. The number of pyridine rings is 1. The lowest BCUT2D eigenvalue weighted by Gasteiger charge is -2.18. The van der Waals surface area contributed by atoms with E-state index in [0.29, 0.717) is 0 Å². The Labute approximate surface area is 149 Å². The van der Waals surface area contributed by atoms with Crippen LogP contribution in [0.5, 0.6) is 0 Å². The van der Waals surface area contributed by atoms with Crippen LogP contribution >= 0.6 is 0 Å². The third kappa shape index (κ3) is 3.77. The fourth-order valence-electron chi connectivity index (χ4n) is 3.30. The number of aromatic nitrogens is 1. The summed E-state index contributed by atoms with van der Waals surface area (Å²) in [5, 5.41) is 0. The van der Waals surface area contributed by atoms with Gasteiger partial charge in [0, 0.05) is 0 Å². The Bertz CT molecular complexity index is 905. The van der Waals surface area contributed by atoms with Crippen LogP contribution < -0.4 is 0 Å². The molecule has 0 spiro atoms. The summed E-state index contributed by atoms with van der Waals surface area (Å²) < 4.78 is 0. The lowest BCUT2D eigenvalue weighted by Crippen LogP contribution is -2.05. The molecule has 2 aromatic carbocycles. The van der Waals surface area contributed by atoms with Crippen molar-refractivity contribution in [2.45, 2.75) is 19.3 Å². The molecule has 0 unspecified atom stereocenters. The van der Waals surface area contributed by atoms with Crippen molar-refractivity contribution in [3.05, 3.63) is 101 Å². The van der Waals surface area contributed by atoms with Crippen LogP contribution in [0.25, 0.3) is 23.8 Å². The summed E-state index contributed by atoms with van der Waals surface area (Å²) in [5.74, 6) is 0. The maximum atomic E-state index is 4.95. The van der Waals surface area contributed by atoms with Gasteiger partial charge in [-0.1, -0.05) is 72.8 Å². The molecule has 0 amide bonds. The molecule has 0 atom stereocenters. The molecule has 0 fully saturated rings. The van der Waals surface area contributed by atoms with E-state index in [1.165, 1.54) is 34.4 Å². The second kappa shape index (κ2) is 7.31. The third-order valence-corrected chi connectivity index (χ3v) is 4.58. The quantitative estimate of drug-likeness (QED) is 0.565. The van der Waals surface area contributed by atoms with Crippen molar-refractivity contribution in [1.82, 2.24) is 4.98 Å². The summed E-state index contributed by atoms with van der Waals surface area (Å²) in [7, 11) is 0. The van der Waals surface area contributed by atoms with E-state index in [2.05, 4.69) is 85.0 Å². The lowest BCUT2D eigenvalue weighted by atomic mass is 9.90. The summed E-state index contributed by atoms with van der Waals surface area (Å²) in [6, 6.07) is 25.3. The van der Waals surface area contributed by atoms with Gasteiger partial charge in [-0.2, -0.15) is 0 Å². The predicted octanol–water partition coefficient (Wildman–Crippen LogP) is 6.13. The first-order chi connectivity index (χ1) is 12.4. The van der Waals surface area contributed by atoms with Crippen molar-refractivity contribution in [3.8, 4) is 0 Å². The van der Waals surface area contributed by atoms with Gasteiger partial charge in [0.25, 0.3) is 0 Å². The van der Waals surface area contributed by atoms with E-state index in [9.17, 15) is 0 Å². The lowest BCUT2D eigenvalue weighted by molar-refractivity contribution is 0.810. The molecule has 0 N–H and O–H groups in total. The highest BCUT2D eigenvalue weighted by Crippen LogP contribution is 2.31. The van der Waals surface area contributed by atoms with Gasteiger partial charge in [0.15, 0.2) is 0 Å². The molecule has 0 saturated heterocycles. The first-order valence-corrected chi connectivity index (χ1v) is 8.87. The number of fused-ring (bicyclic) bond motifs is 1. The smallest absolute Gasteiger partial charge is 0.0701 e. The van der Waals surface area contributed by atoms with Gasteiger partial charge in [-0.25, -0.2) is 4.98 Å². The van der Waals surface area contributed by atoms with Gasteiger partial charge in [-0.15, -0.1) is 0 Å². The second-order valence-corrected chi connectivity index (χ2v) is 6.42. The molecule has 1 aliphatic rings. The minimum Gasteiger partial charge on any atom is -0.248 e. The maximum absolute atomic E-state index is 4.95. The molecule has 3 aromatic rings. The Balaban J connectivity index is 1.67. The number of benzene rings is 2. The highest BCUT2D eigenvalue weighted by Gasteiger charge is 2.15. The molecule has 1 heterocycles. The van der Waals surface area contributed by atoms with E-state index >= 15 is 0 Å². The number of hydrogen-bond acceptors (Lipinski definition) is 1. The third-order valence-electron chi connectivity index (χ3n) is 4.58. The second-order valence-electron chi connectivity index (χ2n) is 6.42. The molecule has 1 aromatic heterocycles. The molecule has 1 heteroatoms. The molecule has 0 aliphatic heterocycles. The monoisotopic (exact) mass is 323 g/mol. The highest BCUT2D eigenvalue weighted by atomic mass is 14.7. The summed E-state index contributed by atoms with van der Waals surface area (Å²) in [4.78, 5) is 4.95. The van der Waals surface area contributed by atoms with E-state index < -0.39 is 0 Å². The van der Waals surface area contributed by atoms with Crippen molar-refractivity contribution < 1.29 is 0 Å². The minimum atomic E-state index is 1.02. The molecular formula is C24H21N. The average Bonchev–Trinajstić information content (AvgIpc) is 2.68. The zero-order valence-electron chi connectivity index (χ0n) is 14.2. The van der Waals surface area contributed by atoms with Crippen LogP contribution in [0.1, 0.15) is 40.9 Å². The van der Waals surface area contributed by atoms with E-state index in [4.69, 9.17) is 4.98 Å². The number of aryl methyl sites for hydroxylation is 1. The highest BCUT2D eigenvalue weighted by molar-refractivity contribution is 5.82. The molecule has 0 saturated carbocycles. The topological polar surface area (TPSA) is 12.9 Å². The number of hydrogen-bond donors (Lipinski definition) is 0. The number of allylic oxidation sites excluding steroid dienone is 1. The van der Waals surface area contributed by atoms with Gasteiger partial charge in [0.2, 0.25) is 0 Å². The molecule has 0 radical (unpaired) electrons. The first kappa shape index (κ1) is 15.6. The molecule has 122 valence electrons. The SMILES string of the molecule is C(=C1\CCCc2ccc(/C=C/c3ccccc3)nc21)/c1ccccc1. The van der Waals surface area contributed by atoms with Gasteiger partial charge in [-0.05, 0) is 59.7 Å². The molecule has 4 rings (SSSR count). The maximum Gasteiger partial charge on any atom is 0.0701 e. The minimum absolute atomic E-state index is 1.02. The standard InChI is InChI=1S/C24H21N/c1-3-8-19(9-4-1)14-16-23-17-15-21-12-7-13-22(24(21)25-23)18-20-10-5-2-6-11-20/h1-6,8-11,14-18H,7,12-13H2/b16-14+,22-18-. The van der Waals surface area contributed by atoms with Crippen molar-refractivity contribution in [2.75, 3.05) is 0 Å². The largest absolute Gasteiger partial charge is 0.248 e. The Morgan fingerprint density at radius 3 is 2.16 bits per heavy atom. The average molecular weight is 323 g/mol. The van der Waals surface area contributed by atoms with E-state index in [-0.39, 0.29) is 0 Å². The number of rotatable bonds is 3. The fraction of sp³-hybridized carbons (Fsp3) is 0.125. The van der Waals surface area contributed by atoms with Gasteiger partial charge >= 0.3 is 0 Å². The van der Waals surface area contributed by atoms with Crippen LogP contribution in [0.2, 0.25) is 0 Å². The van der Waals surface area contributed by atoms with Crippen molar-refractivity contribution in [2.24, 2.45) is 0 Å². The van der Waals surface area contributed by atoms with Gasteiger partial charge in [0.1, 0.15) is 0 Å². The Hall–Kier alpha value is -2.93. The van der Waals surface area contributed by atoms with Crippen molar-refractivity contribution in [1.29, 1.82) is 0 Å². The molecule has 1 nitrogen and oxygen atoms in total. The van der Waals surface area contributed by atoms with Gasteiger partial charge < -0.3 is 0 Å².